The number of hydrogen-bond donors (Lipinski definition) is 2. The molecule has 5 rings (SSSR count). The third-order valence-corrected chi connectivity index (χ3v) is 6.49. The molecule has 8 heteroatoms. The largest absolute Gasteiger partial charge is 0.383 e. The number of carbonyl (C=O) groups is 2. The van der Waals surface area contributed by atoms with Gasteiger partial charge in [-0.3, -0.25) is 19.5 Å². The summed E-state index contributed by atoms with van der Waals surface area (Å²) in [5.74, 6) is 0.460. The summed E-state index contributed by atoms with van der Waals surface area (Å²) in [6.45, 7) is 2.52. The van der Waals surface area contributed by atoms with Crippen LogP contribution in [0.1, 0.15) is 24.8 Å². The molecule has 0 aromatic carbocycles. The minimum atomic E-state index is -0.304. The molecule has 2 amide bonds. The van der Waals surface area contributed by atoms with E-state index in [0.29, 0.717) is 31.0 Å². The van der Waals surface area contributed by atoms with Crippen molar-refractivity contribution in [3.63, 3.8) is 0 Å². The van der Waals surface area contributed by atoms with Crippen LogP contribution in [-0.4, -0.2) is 33.3 Å². The number of aryl methyl sites for hydroxylation is 1. The molecule has 1 aliphatic carbocycles. The molecule has 3 aromatic heterocycles. The fourth-order valence-corrected chi connectivity index (χ4v) is 4.59. The van der Waals surface area contributed by atoms with E-state index in [9.17, 15) is 9.59 Å². The molecule has 30 heavy (non-hydrogen) atoms. The molecule has 0 radical (unpaired) electrons. The van der Waals surface area contributed by atoms with E-state index in [1.807, 2.05) is 25.1 Å². The molecule has 4 N–H and O–H groups in total. The van der Waals surface area contributed by atoms with E-state index < -0.39 is 0 Å². The van der Waals surface area contributed by atoms with Crippen molar-refractivity contribution in [2.45, 2.75) is 26.2 Å². The summed E-state index contributed by atoms with van der Waals surface area (Å²) in [5, 5.41) is 1.60. The van der Waals surface area contributed by atoms with Crippen LogP contribution in [0.2, 0.25) is 0 Å². The van der Waals surface area contributed by atoms with Gasteiger partial charge in [0.2, 0.25) is 11.8 Å². The van der Waals surface area contributed by atoms with Gasteiger partial charge in [-0.1, -0.05) is 0 Å². The van der Waals surface area contributed by atoms with Crippen molar-refractivity contribution in [1.82, 2.24) is 15.0 Å². The van der Waals surface area contributed by atoms with Crippen molar-refractivity contribution in [3.05, 3.63) is 42.4 Å². The highest BCUT2D eigenvalue weighted by atomic mass is 16.2. The second kappa shape index (κ2) is 6.48. The van der Waals surface area contributed by atoms with Gasteiger partial charge in [-0.05, 0) is 54.3 Å². The molecular weight excluding hydrogens is 380 g/mol. The number of nitrogens with zero attached hydrogens (tertiary/aromatic N) is 4. The van der Waals surface area contributed by atoms with Crippen LogP contribution in [0.5, 0.6) is 0 Å². The van der Waals surface area contributed by atoms with Crippen molar-refractivity contribution in [2.75, 3.05) is 17.2 Å². The Hall–Kier alpha value is -3.55. The number of pyridine rings is 3. The zero-order valence-electron chi connectivity index (χ0n) is 16.6. The Kier molecular flexibility index (Phi) is 3.99. The molecule has 3 aromatic rings. The Labute approximate surface area is 173 Å². The Bertz CT molecular complexity index is 1210. The first-order valence-electron chi connectivity index (χ1n) is 9.95. The maximum absolute atomic E-state index is 12.8. The molecule has 1 saturated carbocycles. The van der Waals surface area contributed by atoms with Crippen LogP contribution in [-0.2, 0) is 9.59 Å². The molecular formula is C22H22N6O2. The van der Waals surface area contributed by atoms with E-state index in [4.69, 9.17) is 11.5 Å². The molecule has 8 nitrogen and oxygen atoms in total. The second-order valence-electron chi connectivity index (χ2n) is 8.34. The van der Waals surface area contributed by atoms with Gasteiger partial charge in [-0.25, -0.2) is 9.97 Å². The number of piperidine rings is 1. The maximum Gasteiger partial charge on any atom is 0.228 e. The number of rotatable bonds is 3. The third-order valence-electron chi connectivity index (χ3n) is 6.49. The van der Waals surface area contributed by atoms with Gasteiger partial charge in [-0.2, -0.15) is 0 Å². The highest BCUT2D eigenvalue weighted by Gasteiger charge is 2.60. The van der Waals surface area contributed by atoms with Gasteiger partial charge >= 0.3 is 0 Å². The Morgan fingerprint density at radius 2 is 2.13 bits per heavy atom. The lowest BCUT2D eigenvalue weighted by Gasteiger charge is -2.31. The fraction of sp³-hybridized carbons (Fsp3) is 0.318. The Balaban J connectivity index is 1.49. The summed E-state index contributed by atoms with van der Waals surface area (Å²) in [5.41, 5.74) is 14.1. The van der Waals surface area contributed by atoms with Crippen LogP contribution in [0.4, 0.5) is 11.6 Å². The number of hydrogen-bond acceptors (Lipinski definition) is 6. The second-order valence-corrected chi connectivity index (χ2v) is 8.34. The van der Waals surface area contributed by atoms with Gasteiger partial charge in [0, 0.05) is 48.4 Å². The minimum Gasteiger partial charge on any atom is -0.383 e. The smallest absolute Gasteiger partial charge is 0.228 e. The number of fused-ring (bicyclic) bond motifs is 1. The zero-order valence-corrected chi connectivity index (χ0v) is 16.6. The van der Waals surface area contributed by atoms with E-state index in [1.165, 1.54) is 0 Å². The van der Waals surface area contributed by atoms with Gasteiger partial charge in [-0.15, -0.1) is 0 Å². The van der Waals surface area contributed by atoms with Gasteiger partial charge < -0.3 is 11.5 Å². The van der Waals surface area contributed by atoms with Crippen molar-refractivity contribution >= 4 is 34.2 Å². The average Bonchev–Trinajstić information content (AvgIpc) is 3.41. The van der Waals surface area contributed by atoms with Crippen molar-refractivity contribution in [2.24, 2.45) is 17.1 Å². The lowest BCUT2D eigenvalue weighted by atomic mass is 9.90. The van der Waals surface area contributed by atoms with Crippen molar-refractivity contribution in [3.8, 4) is 11.3 Å². The van der Waals surface area contributed by atoms with Gasteiger partial charge in [0.15, 0.2) is 0 Å². The van der Waals surface area contributed by atoms with Crippen LogP contribution < -0.4 is 16.4 Å². The first-order valence-corrected chi connectivity index (χ1v) is 9.95. The number of primary amides is 1. The summed E-state index contributed by atoms with van der Waals surface area (Å²) >= 11 is 0. The maximum atomic E-state index is 12.8. The zero-order chi connectivity index (χ0) is 21.0. The van der Waals surface area contributed by atoms with Crippen molar-refractivity contribution in [1.29, 1.82) is 0 Å². The van der Waals surface area contributed by atoms with Crippen LogP contribution in [0, 0.1) is 18.3 Å². The molecule has 2 atom stereocenters. The van der Waals surface area contributed by atoms with E-state index in [1.54, 1.807) is 23.5 Å². The topological polar surface area (TPSA) is 128 Å². The highest BCUT2D eigenvalue weighted by molar-refractivity contribution is 5.99. The third kappa shape index (κ3) is 2.87. The van der Waals surface area contributed by atoms with Gasteiger partial charge in [0.25, 0.3) is 0 Å². The molecule has 4 heterocycles. The quantitative estimate of drug-likeness (QED) is 0.691. The Morgan fingerprint density at radius 1 is 1.30 bits per heavy atom. The highest BCUT2D eigenvalue weighted by Crippen LogP contribution is 2.59. The molecule has 2 fully saturated rings. The molecule has 152 valence electrons. The number of carbonyl (C=O) groups excluding carboxylic acids is 2. The monoisotopic (exact) mass is 402 g/mol. The van der Waals surface area contributed by atoms with Crippen molar-refractivity contribution < 1.29 is 9.59 Å². The summed E-state index contributed by atoms with van der Waals surface area (Å²) in [6.07, 6.45) is 6.96. The molecule has 2 unspecified atom stereocenters. The molecule has 1 saturated heterocycles. The fourth-order valence-electron chi connectivity index (χ4n) is 4.59. The van der Waals surface area contributed by atoms with Crippen LogP contribution in [0.25, 0.3) is 22.0 Å². The number of nitrogens with two attached hydrogens (primary N) is 2. The summed E-state index contributed by atoms with van der Waals surface area (Å²) in [7, 11) is 0. The van der Waals surface area contributed by atoms with E-state index in [-0.39, 0.29) is 23.1 Å². The first-order chi connectivity index (χ1) is 14.4. The standard InChI is InChI=1S/C22H22N6O2/c1-12-2-4-25-10-14(12)17-6-13-7-18(26-11-15(13)20(23)27-17)28-5-3-22(9-19(28)29)8-16(22)21(24)30/h2,4,6-7,10-11,16H,3,5,8-9H2,1H3,(H2,23,27)(H2,24,30). The van der Waals surface area contributed by atoms with Crippen LogP contribution >= 0.6 is 0 Å². The number of anilines is 2. The predicted octanol–water partition coefficient (Wildman–Crippen LogP) is 2.20. The molecule has 1 aliphatic heterocycles. The molecule has 2 aliphatic rings. The van der Waals surface area contributed by atoms with E-state index >= 15 is 0 Å². The van der Waals surface area contributed by atoms with Gasteiger partial charge in [0.05, 0.1) is 5.69 Å². The van der Waals surface area contributed by atoms with Crippen LogP contribution in [0.15, 0.2) is 36.8 Å². The van der Waals surface area contributed by atoms with Gasteiger partial charge in [0.1, 0.15) is 11.6 Å². The number of nitrogen functional groups attached to an aromatic ring is 1. The predicted molar refractivity (Wildman–Crippen MR) is 113 cm³/mol. The molecule has 0 bridgehead atoms. The van der Waals surface area contributed by atoms with Crippen LogP contribution in [0.3, 0.4) is 0 Å². The summed E-state index contributed by atoms with van der Waals surface area (Å²) in [6, 6.07) is 5.74. The lowest BCUT2D eigenvalue weighted by molar-refractivity contribution is -0.122. The van der Waals surface area contributed by atoms with E-state index in [2.05, 4.69) is 15.0 Å². The minimum absolute atomic E-state index is 0.0257. The number of aromatic nitrogens is 3. The lowest BCUT2D eigenvalue weighted by Crippen LogP contribution is -2.41. The average molecular weight is 402 g/mol. The first kappa shape index (κ1) is 18.5. The summed E-state index contributed by atoms with van der Waals surface area (Å²) < 4.78 is 0. The SMILES string of the molecule is Cc1ccncc1-c1cc2cc(N3CCC4(CC3=O)CC4C(N)=O)ncc2c(N)n1. The summed E-state index contributed by atoms with van der Waals surface area (Å²) in [4.78, 5) is 39.2. The molecule has 1 spiro atoms. The number of amides is 2. The Morgan fingerprint density at radius 3 is 2.83 bits per heavy atom. The van der Waals surface area contributed by atoms with E-state index in [0.717, 1.165) is 34.0 Å². The normalized spacial score (nSPS) is 23.2.